The van der Waals surface area contributed by atoms with E-state index in [0.29, 0.717) is 6.04 Å². The van der Waals surface area contributed by atoms with Gasteiger partial charge in [0.2, 0.25) is 0 Å². The Bertz CT molecular complexity index is 269. The molecular weight excluding hydrogens is 196 g/mol. The van der Waals surface area contributed by atoms with E-state index < -0.39 is 0 Å². The van der Waals surface area contributed by atoms with Crippen molar-refractivity contribution < 1.29 is 0 Å². The molecule has 1 aromatic carbocycles. The monoisotopic (exact) mass is 220 g/mol. The predicted octanol–water partition coefficient (Wildman–Crippen LogP) is 2.51. The van der Waals surface area contributed by atoms with Crippen LogP contribution in [0.25, 0.3) is 0 Å². The lowest BCUT2D eigenvalue weighted by molar-refractivity contribution is 0.269. The highest BCUT2D eigenvalue weighted by molar-refractivity contribution is 5.14. The molecule has 0 radical (unpaired) electrons. The van der Waals surface area contributed by atoms with Crippen LogP contribution in [0.4, 0.5) is 0 Å². The van der Waals surface area contributed by atoms with Gasteiger partial charge in [-0.15, -0.1) is 0 Å². The fourth-order valence-corrected chi connectivity index (χ4v) is 1.54. The molecule has 0 aliphatic rings. The van der Waals surface area contributed by atoms with Crippen LogP contribution < -0.4 is 5.32 Å². The Labute approximate surface area is 99.7 Å². The first-order valence-corrected chi connectivity index (χ1v) is 6.15. The molecule has 0 spiro atoms. The molecule has 2 nitrogen and oxygen atoms in total. The Kier molecular flexibility index (Phi) is 6.12. The largest absolute Gasteiger partial charge is 0.313 e. The SMILES string of the molecule is CC(C)N(C)CCCNCc1ccccc1. The molecule has 1 aromatic rings. The average molecular weight is 220 g/mol. The van der Waals surface area contributed by atoms with E-state index >= 15 is 0 Å². The van der Waals surface area contributed by atoms with Gasteiger partial charge in [0.05, 0.1) is 0 Å². The molecule has 2 heteroatoms. The number of nitrogens with one attached hydrogen (secondary N) is 1. The first-order valence-electron chi connectivity index (χ1n) is 6.15. The van der Waals surface area contributed by atoms with Gasteiger partial charge in [-0.1, -0.05) is 30.3 Å². The van der Waals surface area contributed by atoms with Crippen molar-refractivity contribution in [3.05, 3.63) is 35.9 Å². The van der Waals surface area contributed by atoms with Crippen LogP contribution in [0, 0.1) is 0 Å². The topological polar surface area (TPSA) is 15.3 Å². The second-order valence-electron chi connectivity index (χ2n) is 4.59. The Morgan fingerprint density at radius 2 is 1.88 bits per heavy atom. The van der Waals surface area contributed by atoms with E-state index in [2.05, 4.69) is 61.4 Å². The maximum absolute atomic E-state index is 3.47. The normalized spacial score (nSPS) is 11.3. The molecule has 16 heavy (non-hydrogen) atoms. The van der Waals surface area contributed by atoms with Gasteiger partial charge in [0.25, 0.3) is 0 Å². The highest BCUT2D eigenvalue weighted by atomic mass is 15.1. The third-order valence-electron chi connectivity index (χ3n) is 2.92. The molecule has 0 fully saturated rings. The number of nitrogens with zero attached hydrogens (tertiary/aromatic N) is 1. The maximum Gasteiger partial charge on any atom is 0.0205 e. The molecule has 0 unspecified atom stereocenters. The maximum atomic E-state index is 3.47. The summed E-state index contributed by atoms with van der Waals surface area (Å²) in [7, 11) is 2.18. The van der Waals surface area contributed by atoms with E-state index in [-0.39, 0.29) is 0 Å². The summed E-state index contributed by atoms with van der Waals surface area (Å²) in [6.45, 7) is 7.70. The van der Waals surface area contributed by atoms with Crippen molar-refractivity contribution in [2.45, 2.75) is 32.9 Å². The average Bonchev–Trinajstić information content (AvgIpc) is 2.29. The molecule has 0 amide bonds. The second-order valence-corrected chi connectivity index (χ2v) is 4.59. The lowest BCUT2D eigenvalue weighted by atomic mass is 10.2. The van der Waals surface area contributed by atoms with Crippen LogP contribution in [0.5, 0.6) is 0 Å². The fraction of sp³-hybridized carbons (Fsp3) is 0.571. The summed E-state index contributed by atoms with van der Waals surface area (Å²) >= 11 is 0. The standard InChI is InChI=1S/C14H24N2/c1-13(2)16(3)11-7-10-15-12-14-8-5-4-6-9-14/h4-6,8-9,13,15H,7,10-12H2,1-3H3. The summed E-state index contributed by atoms with van der Waals surface area (Å²) in [6, 6.07) is 11.2. The van der Waals surface area contributed by atoms with Crippen molar-refractivity contribution in [3.8, 4) is 0 Å². The molecular formula is C14H24N2. The third kappa shape index (κ3) is 5.29. The molecule has 0 atom stereocenters. The van der Waals surface area contributed by atoms with Crippen molar-refractivity contribution in [1.29, 1.82) is 0 Å². The van der Waals surface area contributed by atoms with Crippen LogP contribution in [0.15, 0.2) is 30.3 Å². The second kappa shape index (κ2) is 7.42. The van der Waals surface area contributed by atoms with Crippen LogP contribution in [0.1, 0.15) is 25.8 Å². The summed E-state index contributed by atoms with van der Waals surface area (Å²) in [5.74, 6) is 0. The van der Waals surface area contributed by atoms with Crippen LogP contribution in [-0.4, -0.2) is 31.1 Å². The summed E-state index contributed by atoms with van der Waals surface area (Å²) in [5, 5.41) is 3.47. The van der Waals surface area contributed by atoms with Gasteiger partial charge in [-0.2, -0.15) is 0 Å². The van der Waals surface area contributed by atoms with E-state index in [4.69, 9.17) is 0 Å². The van der Waals surface area contributed by atoms with Crippen molar-refractivity contribution in [3.63, 3.8) is 0 Å². The minimum atomic E-state index is 0.647. The molecule has 1 N–H and O–H groups in total. The lowest BCUT2D eigenvalue weighted by Gasteiger charge is -2.20. The number of rotatable bonds is 7. The summed E-state index contributed by atoms with van der Waals surface area (Å²) in [4.78, 5) is 2.38. The molecule has 0 heterocycles. The van der Waals surface area contributed by atoms with Crippen molar-refractivity contribution in [2.24, 2.45) is 0 Å². The minimum absolute atomic E-state index is 0.647. The molecule has 1 rings (SSSR count). The van der Waals surface area contributed by atoms with Gasteiger partial charge in [-0.05, 0) is 46.0 Å². The van der Waals surface area contributed by atoms with Gasteiger partial charge >= 0.3 is 0 Å². The fourth-order valence-electron chi connectivity index (χ4n) is 1.54. The number of benzene rings is 1. The van der Waals surface area contributed by atoms with Gasteiger partial charge in [-0.25, -0.2) is 0 Å². The van der Waals surface area contributed by atoms with E-state index in [1.807, 2.05) is 0 Å². The van der Waals surface area contributed by atoms with Crippen molar-refractivity contribution in [2.75, 3.05) is 20.1 Å². The molecule has 0 saturated heterocycles. The number of hydrogen-bond acceptors (Lipinski definition) is 2. The highest BCUT2D eigenvalue weighted by Crippen LogP contribution is 1.98. The minimum Gasteiger partial charge on any atom is -0.313 e. The molecule has 0 saturated carbocycles. The number of hydrogen-bond donors (Lipinski definition) is 1. The van der Waals surface area contributed by atoms with Gasteiger partial charge < -0.3 is 10.2 Å². The summed E-state index contributed by atoms with van der Waals surface area (Å²) < 4.78 is 0. The molecule has 0 aliphatic carbocycles. The smallest absolute Gasteiger partial charge is 0.0205 e. The summed E-state index contributed by atoms with van der Waals surface area (Å²) in [6.07, 6.45) is 1.21. The third-order valence-corrected chi connectivity index (χ3v) is 2.92. The zero-order valence-electron chi connectivity index (χ0n) is 10.7. The molecule has 90 valence electrons. The quantitative estimate of drug-likeness (QED) is 0.710. The Morgan fingerprint density at radius 1 is 1.19 bits per heavy atom. The Morgan fingerprint density at radius 3 is 2.50 bits per heavy atom. The lowest BCUT2D eigenvalue weighted by Crippen LogP contribution is -2.29. The van der Waals surface area contributed by atoms with Crippen LogP contribution in [0.3, 0.4) is 0 Å². The van der Waals surface area contributed by atoms with E-state index in [9.17, 15) is 0 Å². The first-order chi connectivity index (χ1) is 7.70. The first kappa shape index (κ1) is 13.2. The van der Waals surface area contributed by atoms with Gasteiger partial charge in [0.1, 0.15) is 0 Å². The van der Waals surface area contributed by atoms with Crippen LogP contribution in [0.2, 0.25) is 0 Å². The molecule has 0 aliphatic heterocycles. The van der Waals surface area contributed by atoms with E-state index in [0.717, 1.165) is 13.1 Å². The zero-order valence-corrected chi connectivity index (χ0v) is 10.7. The van der Waals surface area contributed by atoms with E-state index in [1.165, 1.54) is 18.5 Å². The van der Waals surface area contributed by atoms with Crippen LogP contribution in [-0.2, 0) is 6.54 Å². The summed E-state index contributed by atoms with van der Waals surface area (Å²) in [5.41, 5.74) is 1.36. The highest BCUT2D eigenvalue weighted by Gasteiger charge is 2.01. The van der Waals surface area contributed by atoms with Crippen LogP contribution >= 0.6 is 0 Å². The molecule has 0 bridgehead atoms. The molecule has 0 aromatic heterocycles. The zero-order chi connectivity index (χ0) is 11.8. The van der Waals surface area contributed by atoms with Gasteiger partial charge in [0, 0.05) is 12.6 Å². The predicted molar refractivity (Wildman–Crippen MR) is 70.5 cm³/mol. The van der Waals surface area contributed by atoms with Gasteiger partial charge in [0.15, 0.2) is 0 Å². The van der Waals surface area contributed by atoms with E-state index in [1.54, 1.807) is 0 Å². The Hall–Kier alpha value is -0.860. The Balaban J connectivity index is 2.04. The van der Waals surface area contributed by atoms with Crippen molar-refractivity contribution >= 4 is 0 Å². The van der Waals surface area contributed by atoms with Crippen molar-refractivity contribution in [1.82, 2.24) is 10.2 Å². The van der Waals surface area contributed by atoms with Gasteiger partial charge in [-0.3, -0.25) is 0 Å².